The van der Waals surface area contributed by atoms with Crippen LogP contribution in [-0.4, -0.2) is 53.3 Å². The van der Waals surface area contributed by atoms with Crippen LogP contribution in [0.1, 0.15) is 30.9 Å². The maximum Gasteiger partial charge on any atom is 0.233 e. The number of hydrogen-bond acceptors (Lipinski definition) is 5. The molecule has 0 spiro atoms. The van der Waals surface area contributed by atoms with Gasteiger partial charge in [-0.1, -0.05) is 0 Å². The van der Waals surface area contributed by atoms with Crippen molar-refractivity contribution in [2.75, 3.05) is 23.8 Å². The number of carbonyl (C=O) groups is 1. The van der Waals surface area contributed by atoms with Gasteiger partial charge in [-0.15, -0.1) is 11.8 Å². The van der Waals surface area contributed by atoms with Gasteiger partial charge in [-0.25, -0.2) is 8.42 Å². The third-order valence-electron chi connectivity index (χ3n) is 4.30. The van der Waals surface area contributed by atoms with Gasteiger partial charge in [0.2, 0.25) is 5.91 Å². The second-order valence-electron chi connectivity index (χ2n) is 5.86. The van der Waals surface area contributed by atoms with Gasteiger partial charge in [0.05, 0.1) is 23.3 Å². The first-order valence-electron chi connectivity index (χ1n) is 7.56. The molecular formula is C15H20N2O3S2. The Hall–Kier alpha value is -1.08. The molecule has 1 aromatic heterocycles. The molecule has 0 saturated carbocycles. The molecular weight excluding hydrogens is 320 g/mol. The number of thioether (sulfide) groups is 1. The highest BCUT2D eigenvalue weighted by molar-refractivity contribution is 8.02. The average molecular weight is 340 g/mol. The van der Waals surface area contributed by atoms with Crippen LogP contribution in [0, 0.1) is 0 Å². The van der Waals surface area contributed by atoms with Crippen LogP contribution in [0.2, 0.25) is 0 Å². The molecule has 22 heavy (non-hydrogen) atoms. The van der Waals surface area contributed by atoms with Gasteiger partial charge in [0.25, 0.3) is 0 Å². The van der Waals surface area contributed by atoms with E-state index in [1.807, 2.05) is 17.0 Å². The van der Waals surface area contributed by atoms with Gasteiger partial charge in [0, 0.05) is 24.2 Å². The highest BCUT2D eigenvalue weighted by atomic mass is 32.2. The molecule has 0 radical (unpaired) electrons. The van der Waals surface area contributed by atoms with Crippen molar-refractivity contribution >= 4 is 27.5 Å². The molecule has 3 heterocycles. The summed E-state index contributed by atoms with van der Waals surface area (Å²) < 4.78 is 22.9. The fraction of sp³-hybridized carbons (Fsp3) is 0.600. The largest absolute Gasteiger partial charge is 0.335 e. The Morgan fingerprint density at radius 2 is 2.09 bits per heavy atom. The molecule has 2 aliphatic rings. The molecule has 2 unspecified atom stereocenters. The lowest BCUT2D eigenvalue weighted by Crippen LogP contribution is -2.32. The Morgan fingerprint density at radius 1 is 1.32 bits per heavy atom. The van der Waals surface area contributed by atoms with Crippen LogP contribution in [-0.2, 0) is 14.6 Å². The van der Waals surface area contributed by atoms with Gasteiger partial charge in [0.1, 0.15) is 0 Å². The smallest absolute Gasteiger partial charge is 0.233 e. The summed E-state index contributed by atoms with van der Waals surface area (Å²) in [6, 6.07) is 4.07. The third kappa shape index (κ3) is 3.63. The van der Waals surface area contributed by atoms with Crippen molar-refractivity contribution in [2.24, 2.45) is 0 Å². The molecule has 0 bridgehead atoms. The van der Waals surface area contributed by atoms with E-state index in [9.17, 15) is 13.2 Å². The zero-order valence-electron chi connectivity index (χ0n) is 12.3. The molecule has 120 valence electrons. The number of aromatic nitrogens is 1. The summed E-state index contributed by atoms with van der Waals surface area (Å²) in [6.07, 6.45) is 6.19. The molecule has 2 fully saturated rings. The fourth-order valence-corrected chi connectivity index (χ4v) is 6.69. The van der Waals surface area contributed by atoms with E-state index in [0.29, 0.717) is 12.2 Å². The number of rotatable bonds is 4. The van der Waals surface area contributed by atoms with Crippen molar-refractivity contribution < 1.29 is 13.2 Å². The lowest BCUT2D eigenvalue weighted by molar-refractivity contribution is -0.129. The predicted octanol–water partition coefficient (Wildman–Crippen LogP) is 1.67. The minimum atomic E-state index is -2.87. The van der Waals surface area contributed by atoms with E-state index in [1.54, 1.807) is 12.4 Å². The van der Waals surface area contributed by atoms with Gasteiger partial charge in [-0.2, -0.15) is 0 Å². The molecule has 0 aromatic carbocycles. The van der Waals surface area contributed by atoms with E-state index in [4.69, 9.17) is 0 Å². The van der Waals surface area contributed by atoms with Crippen molar-refractivity contribution in [3.63, 3.8) is 0 Å². The zero-order chi connectivity index (χ0) is 15.6. The molecule has 2 aliphatic heterocycles. The molecule has 5 nitrogen and oxygen atoms in total. The van der Waals surface area contributed by atoms with Crippen molar-refractivity contribution in [3.05, 3.63) is 30.1 Å². The predicted molar refractivity (Wildman–Crippen MR) is 87.4 cm³/mol. The summed E-state index contributed by atoms with van der Waals surface area (Å²) in [5, 5.41) is 0.0796. The third-order valence-corrected chi connectivity index (χ3v) is 7.56. The summed E-state index contributed by atoms with van der Waals surface area (Å²) in [5.74, 6) is 0.983. The van der Waals surface area contributed by atoms with Crippen molar-refractivity contribution in [3.8, 4) is 0 Å². The Bertz CT molecular complexity index is 633. The zero-order valence-corrected chi connectivity index (χ0v) is 14.0. The van der Waals surface area contributed by atoms with Crippen LogP contribution >= 0.6 is 11.8 Å². The Balaban J connectivity index is 1.58. The van der Waals surface area contributed by atoms with Crippen LogP contribution in [0.25, 0.3) is 0 Å². The normalized spacial score (nSPS) is 27.2. The molecule has 2 saturated heterocycles. The lowest BCUT2D eigenvalue weighted by Gasteiger charge is -2.25. The van der Waals surface area contributed by atoms with Crippen LogP contribution < -0.4 is 0 Å². The Labute approximate surface area is 135 Å². The number of likely N-dealkylation sites (tertiary alicyclic amines) is 1. The number of hydrogen-bond donors (Lipinski definition) is 0. The highest BCUT2D eigenvalue weighted by Gasteiger charge is 2.32. The van der Waals surface area contributed by atoms with Crippen LogP contribution in [0.5, 0.6) is 0 Å². The second-order valence-corrected chi connectivity index (χ2v) is 9.38. The molecule has 3 rings (SSSR count). The standard InChI is InChI=1S/C15H20N2O3S2/c18-15(10-21-13-5-9-22(19,20)11-13)17-8-1-2-14(17)12-3-6-16-7-4-12/h3-4,6-7,13-14H,1-2,5,8-11H2. The summed E-state index contributed by atoms with van der Waals surface area (Å²) in [4.78, 5) is 18.4. The molecule has 7 heteroatoms. The summed E-state index contributed by atoms with van der Waals surface area (Å²) in [5.41, 5.74) is 1.13. The molecule has 2 atom stereocenters. The van der Waals surface area contributed by atoms with Gasteiger partial charge in [0.15, 0.2) is 9.84 Å². The minimum Gasteiger partial charge on any atom is -0.335 e. The average Bonchev–Trinajstić information content (AvgIpc) is 3.12. The summed E-state index contributed by atoms with van der Waals surface area (Å²) in [7, 11) is -2.87. The monoisotopic (exact) mass is 340 g/mol. The maximum atomic E-state index is 12.5. The highest BCUT2D eigenvalue weighted by Crippen LogP contribution is 2.33. The van der Waals surface area contributed by atoms with Gasteiger partial charge >= 0.3 is 0 Å². The number of sulfone groups is 1. The van der Waals surface area contributed by atoms with Crippen LogP contribution in [0.15, 0.2) is 24.5 Å². The van der Waals surface area contributed by atoms with E-state index in [0.717, 1.165) is 24.9 Å². The first kappa shape index (κ1) is 15.8. The van der Waals surface area contributed by atoms with Gasteiger partial charge < -0.3 is 4.90 Å². The summed E-state index contributed by atoms with van der Waals surface area (Å²) >= 11 is 1.50. The number of carbonyl (C=O) groups excluding carboxylic acids is 1. The lowest BCUT2D eigenvalue weighted by atomic mass is 10.1. The van der Waals surface area contributed by atoms with E-state index in [2.05, 4.69) is 4.98 Å². The first-order chi connectivity index (χ1) is 10.6. The number of nitrogens with zero attached hydrogens (tertiary/aromatic N) is 2. The van der Waals surface area contributed by atoms with Crippen molar-refractivity contribution in [1.82, 2.24) is 9.88 Å². The summed E-state index contributed by atoms with van der Waals surface area (Å²) in [6.45, 7) is 0.787. The number of pyridine rings is 1. The fourth-order valence-electron chi connectivity index (χ4n) is 3.16. The first-order valence-corrected chi connectivity index (χ1v) is 10.4. The molecule has 1 amide bonds. The number of amides is 1. The minimum absolute atomic E-state index is 0.0796. The van der Waals surface area contributed by atoms with Crippen molar-refractivity contribution in [2.45, 2.75) is 30.6 Å². The topological polar surface area (TPSA) is 67.3 Å². The van der Waals surface area contributed by atoms with E-state index in [-0.39, 0.29) is 28.7 Å². The quantitative estimate of drug-likeness (QED) is 0.834. The van der Waals surface area contributed by atoms with Crippen LogP contribution in [0.4, 0.5) is 0 Å². The van der Waals surface area contributed by atoms with E-state index < -0.39 is 9.84 Å². The molecule has 0 N–H and O–H groups in total. The molecule has 0 aliphatic carbocycles. The van der Waals surface area contributed by atoms with Crippen molar-refractivity contribution in [1.29, 1.82) is 0 Å². The SMILES string of the molecule is O=C(CSC1CCS(=O)(=O)C1)N1CCCC1c1ccncc1. The van der Waals surface area contributed by atoms with Gasteiger partial charge in [-0.3, -0.25) is 9.78 Å². The molecule has 1 aromatic rings. The maximum absolute atomic E-state index is 12.5. The Morgan fingerprint density at radius 3 is 2.77 bits per heavy atom. The van der Waals surface area contributed by atoms with E-state index in [1.165, 1.54) is 11.8 Å². The van der Waals surface area contributed by atoms with E-state index >= 15 is 0 Å². The van der Waals surface area contributed by atoms with Crippen LogP contribution in [0.3, 0.4) is 0 Å². The second kappa shape index (κ2) is 6.58. The van der Waals surface area contributed by atoms with Gasteiger partial charge in [-0.05, 0) is 37.0 Å². The Kier molecular flexibility index (Phi) is 4.73.